The largest absolute Gasteiger partial charge is 0.385 e. The van der Waals surface area contributed by atoms with E-state index in [1.54, 1.807) is 19.3 Å². The van der Waals surface area contributed by atoms with E-state index in [9.17, 15) is 4.79 Å². The van der Waals surface area contributed by atoms with E-state index >= 15 is 0 Å². The molecule has 1 saturated heterocycles. The SMILES string of the molecule is CNC(=O)c1cc(NCC2CCNCC2)ccn1. The van der Waals surface area contributed by atoms with Crippen LogP contribution < -0.4 is 16.0 Å². The lowest BCUT2D eigenvalue weighted by atomic mass is 9.98. The van der Waals surface area contributed by atoms with Crippen molar-refractivity contribution in [1.29, 1.82) is 0 Å². The number of rotatable bonds is 4. The van der Waals surface area contributed by atoms with Crippen molar-refractivity contribution in [2.24, 2.45) is 5.92 Å². The predicted molar refractivity (Wildman–Crippen MR) is 71.7 cm³/mol. The highest BCUT2D eigenvalue weighted by molar-refractivity contribution is 5.92. The molecule has 0 unspecified atom stereocenters. The fourth-order valence-electron chi connectivity index (χ4n) is 2.14. The molecule has 3 N–H and O–H groups in total. The first kappa shape index (κ1) is 12.8. The molecule has 98 valence electrons. The first-order valence-corrected chi connectivity index (χ1v) is 6.42. The lowest BCUT2D eigenvalue weighted by molar-refractivity contribution is 0.0958. The number of anilines is 1. The molecule has 0 atom stereocenters. The van der Waals surface area contributed by atoms with Crippen molar-refractivity contribution in [3.63, 3.8) is 0 Å². The molecular weight excluding hydrogens is 228 g/mol. The van der Waals surface area contributed by atoms with E-state index in [0.29, 0.717) is 11.6 Å². The number of carbonyl (C=O) groups excluding carboxylic acids is 1. The fraction of sp³-hybridized carbons (Fsp3) is 0.538. The Labute approximate surface area is 107 Å². The van der Waals surface area contributed by atoms with Gasteiger partial charge >= 0.3 is 0 Å². The van der Waals surface area contributed by atoms with Gasteiger partial charge in [-0.15, -0.1) is 0 Å². The van der Waals surface area contributed by atoms with Crippen molar-refractivity contribution in [3.05, 3.63) is 24.0 Å². The minimum atomic E-state index is -0.152. The second kappa shape index (κ2) is 6.35. The Kier molecular flexibility index (Phi) is 4.52. The average molecular weight is 248 g/mol. The quantitative estimate of drug-likeness (QED) is 0.739. The molecule has 1 aliphatic heterocycles. The Bertz CT molecular complexity index is 402. The zero-order valence-corrected chi connectivity index (χ0v) is 10.7. The molecule has 0 saturated carbocycles. The highest BCUT2D eigenvalue weighted by atomic mass is 16.1. The Hall–Kier alpha value is -1.62. The second-order valence-electron chi connectivity index (χ2n) is 4.58. The molecular formula is C13H20N4O. The van der Waals surface area contributed by atoms with E-state index < -0.39 is 0 Å². The highest BCUT2D eigenvalue weighted by Crippen LogP contribution is 2.14. The van der Waals surface area contributed by atoms with Gasteiger partial charge in [-0.1, -0.05) is 0 Å². The third-order valence-electron chi connectivity index (χ3n) is 3.27. The molecule has 2 rings (SSSR count). The summed E-state index contributed by atoms with van der Waals surface area (Å²) in [4.78, 5) is 15.5. The molecule has 5 nitrogen and oxygen atoms in total. The monoisotopic (exact) mass is 248 g/mol. The summed E-state index contributed by atoms with van der Waals surface area (Å²) in [6, 6.07) is 3.69. The molecule has 0 aromatic carbocycles. The van der Waals surface area contributed by atoms with E-state index in [4.69, 9.17) is 0 Å². The summed E-state index contributed by atoms with van der Waals surface area (Å²) in [7, 11) is 1.61. The van der Waals surface area contributed by atoms with E-state index in [1.165, 1.54) is 12.8 Å². The minimum absolute atomic E-state index is 0.152. The number of hydrogen-bond donors (Lipinski definition) is 3. The number of aromatic nitrogens is 1. The Morgan fingerprint density at radius 1 is 1.50 bits per heavy atom. The average Bonchev–Trinajstić information content (AvgIpc) is 2.45. The molecule has 2 heterocycles. The van der Waals surface area contributed by atoms with Crippen molar-refractivity contribution in [1.82, 2.24) is 15.6 Å². The van der Waals surface area contributed by atoms with Crippen molar-refractivity contribution in [2.45, 2.75) is 12.8 Å². The van der Waals surface area contributed by atoms with Gasteiger partial charge in [-0.3, -0.25) is 9.78 Å². The fourth-order valence-corrected chi connectivity index (χ4v) is 2.14. The zero-order chi connectivity index (χ0) is 12.8. The molecule has 1 aliphatic rings. The number of nitrogens with one attached hydrogen (secondary N) is 3. The van der Waals surface area contributed by atoms with Gasteiger partial charge in [-0.2, -0.15) is 0 Å². The molecule has 1 aromatic rings. The van der Waals surface area contributed by atoms with Crippen LogP contribution in [-0.2, 0) is 0 Å². The molecule has 0 aliphatic carbocycles. The second-order valence-corrected chi connectivity index (χ2v) is 4.58. The van der Waals surface area contributed by atoms with Gasteiger partial charge in [0.2, 0.25) is 0 Å². The lowest BCUT2D eigenvalue weighted by Crippen LogP contribution is -2.31. The van der Waals surface area contributed by atoms with Crippen molar-refractivity contribution < 1.29 is 4.79 Å². The minimum Gasteiger partial charge on any atom is -0.385 e. The number of nitrogens with zero attached hydrogens (tertiary/aromatic N) is 1. The van der Waals surface area contributed by atoms with Crippen molar-refractivity contribution in [3.8, 4) is 0 Å². The van der Waals surface area contributed by atoms with Crippen LogP contribution in [0.15, 0.2) is 18.3 Å². The first-order valence-electron chi connectivity index (χ1n) is 6.42. The summed E-state index contributed by atoms with van der Waals surface area (Å²) >= 11 is 0. The van der Waals surface area contributed by atoms with Crippen molar-refractivity contribution >= 4 is 11.6 Å². The number of hydrogen-bond acceptors (Lipinski definition) is 4. The standard InChI is InChI=1S/C13H20N4O/c1-14-13(18)12-8-11(4-7-16-12)17-9-10-2-5-15-6-3-10/h4,7-8,10,15H,2-3,5-6,9H2,1H3,(H,14,18)(H,16,17). The van der Waals surface area contributed by atoms with Crippen LogP contribution >= 0.6 is 0 Å². The Morgan fingerprint density at radius 3 is 3.00 bits per heavy atom. The van der Waals surface area contributed by atoms with E-state index in [0.717, 1.165) is 25.3 Å². The normalized spacial score (nSPS) is 16.3. The number of piperidine rings is 1. The van der Waals surface area contributed by atoms with Gasteiger partial charge in [0, 0.05) is 25.5 Å². The molecule has 5 heteroatoms. The summed E-state index contributed by atoms with van der Waals surface area (Å²) in [5.41, 5.74) is 1.41. The van der Waals surface area contributed by atoms with Gasteiger partial charge in [0.25, 0.3) is 5.91 Å². The van der Waals surface area contributed by atoms with Gasteiger partial charge in [0.05, 0.1) is 0 Å². The summed E-state index contributed by atoms with van der Waals surface area (Å²) in [6.07, 6.45) is 4.08. The third-order valence-corrected chi connectivity index (χ3v) is 3.27. The number of amides is 1. The van der Waals surface area contributed by atoms with Gasteiger partial charge in [-0.05, 0) is 44.0 Å². The molecule has 1 aromatic heterocycles. The third kappa shape index (κ3) is 3.43. The summed E-state index contributed by atoms with van der Waals surface area (Å²) in [6.45, 7) is 3.16. The maximum Gasteiger partial charge on any atom is 0.269 e. The van der Waals surface area contributed by atoms with Crippen LogP contribution in [0.3, 0.4) is 0 Å². The Morgan fingerprint density at radius 2 is 2.28 bits per heavy atom. The van der Waals surface area contributed by atoms with Crippen molar-refractivity contribution in [2.75, 3.05) is 32.0 Å². The molecule has 0 radical (unpaired) electrons. The van der Waals surface area contributed by atoms with E-state index in [-0.39, 0.29) is 5.91 Å². The topological polar surface area (TPSA) is 66.1 Å². The molecule has 18 heavy (non-hydrogen) atoms. The molecule has 1 fully saturated rings. The molecule has 0 bridgehead atoms. The van der Waals surface area contributed by atoms with E-state index in [1.807, 2.05) is 6.07 Å². The van der Waals surface area contributed by atoms with Gasteiger partial charge in [-0.25, -0.2) is 0 Å². The van der Waals surface area contributed by atoms with Crippen LogP contribution in [0.2, 0.25) is 0 Å². The van der Waals surface area contributed by atoms with Crippen LogP contribution in [0.25, 0.3) is 0 Å². The first-order chi connectivity index (χ1) is 8.79. The van der Waals surface area contributed by atoms with Gasteiger partial charge in [0.1, 0.15) is 5.69 Å². The lowest BCUT2D eigenvalue weighted by Gasteiger charge is -2.23. The smallest absolute Gasteiger partial charge is 0.269 e. The molecule has 0 spiro atoms. The van der Waals surface area contributed by atoms with E-state index in [2.05, 4.69) is 20.9 Å². The number of carbonyl (C=O) groups is 1. The summed E-state index contributed by atoms with van der Waals surface area (Å²) < 4.78 is 0. The maximum absolute atomic E-state index is 11.5. The zero-order valence-electron chi connectivity index (χ0n) is 10.7. The predicted octanol–water partition coefficient (Wildman–Crippen LogP) is 0.853. The van der Waals surface area contributed by atoms with Crippen LogP contribution in [0.1, 0.15) is 23.3 Å². The van der Waals surface area contributed by atoms with Gasteiger partial charge < -0.3 is 16.0 Å². The molecule has 1 amide bonds. The highest BCUT2D eigenvalue weighted by Gasteiger charge is 2.12. The maximum atomic E-state index is 11.5. The Balaban J connectivity index is 1.90. The van der Waals surface area contributed by atoms with Crippen LogP contribution in [-0.4, -0.2) is 37.6 Å². The van der Waals surface area contributed by atoms with Gasteiger partial charge in [0.15, 0.2) is 0 Å². The van der Waals surface area contributed by atoms with Crippen LogP contribution in [0.4, 0.5) is 5.69 Å². The van der Waals surface area contributed by atoms with Crippen LogP contribution in [0.5, 0.6) is 0 Å². The summed E-state index contributed by atoms with van der Waals surface area (Å²) in [5, 5.41) is 9.32. The van der Waals surface area contributed by atoms with Crippen LogP contribution in [0, 0.1) is 5.92 Å². The number of pyridine rings is 1. The summed E-state index contributed by atoms with van der Waals surface area (Å²) in [5.74, 6) is 0.559.